The van der Waals surface area contributed by atoms with Gasteiger partial charge in [-0.2, -0.15) is 20.1 Å². The number of hydrazone groups is 1. The number of nitrogens with one attached hydrogen (secondary N) is 1. The molecule has 0 radical (unpaired) electrons. The van der Waals surface area contributed by atoms with Gasteiger partial charge in [-0.05, 0) is 49.1 Å². The lowest BCUT2D eigenvalue weighted by Crippen LogP contribution is -2.38. The maximum absolute atomic E-state index is 10.9. The van der Waals surface area contributed by atoms with Gasteiger partial charge in [0, 0.05) is 43.9 Å². The zero-order chi connectivity index (χ0) is 26.2. The van der Waals surface area contributed by atoms with Crippen LogP contribution in [0, 0.1) is 10.1 Å². The third kappa shape index (κ3) is 6.51. The molecule has 0 amide bonds. The van der Waals surface area contributed by atoms with E-state index in [-0.39, 0.29) is 12.3 Å². The molecular formula is C26H30N8O4. The van der Waals surface area contributed by atoms with E-state index in [0.29, 0.717) is 36.8 Å². The van der Waals surface area contributed by atoms with Gasteiger partial charge in [0.2, 0.25) is 17.8 Å². The van der Waals surface area contributed by atoms with E-state index < -0.39 is 4.92 Å². The van der Waals surface area contributed by atoms with Crippen LogP contribution in [0.15, 0.2) is 53.6 Å². The van der Waals surface area contributed by atoms with Crippen molar-refractivity contribution < 1.29 is 14.4 Å². The van der Waals surface area contributed by atoms with Gasteiger partial charge >= 0.3 is 0 Å². The van der Waals surface area contributed by atoms with Gasteiger partial charge in [-0.3, -0.25) is 10.1 Å². The first kappa shape index (κ1) is 25.3. The van der Waals surface area contributed by atoms with Gasteiger partial charge in [-0.25, -0.2) is 5.43 Å². The number of non-ortho nitro benzene ring substituents is 1. The molecular weight excluding hydrogens is 488 g/mol. The van der Waals surface area contributed by atoms with Crippen LogP contribution in [0.1, 0.15) is 30.4 Å². The third-order valence-corrected chi connectivity index (χ3v) is 6.37. The molecule has 3 aromatic rings. The summed E-state index contributed by atoms with van der Waals surface area (Å²) in [6, 6.07) is 13.8. The first-order valence-corrected chi connectivity index (χ1v) is 12.7. The number of ether oxygens (including phenoxy) is 2. The maximum Gasteiger partial charge on any atom is 0.269 e. The number of para-hydroxylation sites is 1. The van der Waals surface area contributed by atoms with Crippen LogP contribution in [-0.2, 0) is 11.3 Å². The Balaban J connectivity index is 1.29. The predicted octanol–water partition coefficient (Wildman–Crippen LogP) is 3.63. The first-order valence-electron chi connectivity index (χ1n) is 12.7. The van der Waals surface area contributed by atoms with Crippen molar-refractivity contribution in [3.63, 3.8) is 0 Å². The molecule has 0 atom stereocenters. The molecule has 12 nitrogen and oxygen atoms in total. The number of hydrogen-bond donors (Lipinski definition) is 1. The number of nitrogens with zero attached hydrogens (tertiary/aromatic N) is 7. The van der Waals surface area contributed by atoms with Gasteiger partial charge in [0.15, 0.2) is 0 Å². The highest BCUT2D eigenvalue weighted by Crippen LogP contribution is 2.22. The number of hydrogen-bond acceptors (Lipinski definition) is 11. The number of rotatable bonds is 9. The van der Waals surface area contributed by atoms with Crippen LogP contribution < -0.4 is 20.0 Å². The number of benzene rings is 2. The lowest BCUT2D eigenvalue weighted by Gasteiger charge is -2.30. The summed E-state index contributed by atoms with van der Waals surface area (Å²) >= 11 is 0. The van der Waals surface area contributed by atoms with Crippen LogP contribution in [0.3, 0.4) is 0 Å². The summed E-state index contributed by atoms with van der Waals surface area (Å²) < 4.78 is 11.5. The van der Waals surface area contributed by atoms with E-state index >= 15 is 0 Å². The zero-order valence-electron chi connectivity index (χ0n) is 21.0. The number of nitro benzene ring substituents is 1. The molecule has 3 heterocycles. The van der Waals surface area contributed by atoms with Crippen LogP contribution in [-0.4, -0.2) is 65.5 Å². The molecule has 2 fully saturated rings. The molecule has 2 aliphatic heterocycles. The van der Waals surface area contributed by atoms with Crippen molar-refractivity contribution in [2.75, 3.05) is 54.6 Å². The van der Waals surface area contributed by atoms with E-state index in [9.17, 15) is 10.1 Å². The van der Waals surface area contributed by atoms with Crippen LogP contribution in [0.2, 0.25) is 0 Å². The normalized spacial score (nSPS) is 16.0. The Hall–Kier alpha value is -4.32. The second kappa shape index (κ2) is 12.3. The molecule has 0 saturated carbocycles. The van der Waals surface area contributed by atoms with Crippen molar-refractivity contribution in [1.82, 2.24) is 15.0 Å². The highest BCUT2D eigenvalue weighted by molar-refractivity contribution is 5.83. The first-order chi connectivity index (χ1) is 18.7. The van der Waals surface area contributed by atoms with Gasteiger partial charge in [0.1, 0.15) is 12.4 Å². The van der Waals surface area contributed by atoms with Crippen LogP contribution in [0.25, 0.3) is 0 Å². The minimum absolute atomic E-state index is 0.0471. The Bertz CT molecular complexity index is 1220. The van der Waals surface area contributed by atoms with Crippen molar-refractivity contribution >= 4 is 29.7 Å². The van der Waals surface area contributed by atoms with Gasteiger partial charge in [-0.1, -0.05) is 12.1 Å². The summed E-state index contributed by atoms with van der Waals surface area (Å²) in [4.78, 5) is 28.8. The predicted molar refractivity (Wildman–Crippen MR) is 144 cm³/mol. The minimum atomic E-state index is -0.421. The lowest BCUT2D eigenvalue weighted by atomic mass is 10.1. The van der Waals surface area contributed by atoms with Crippen LogP contribution in [0.5, 0.6) is 5.75 Å². The molecule has 198 valence electrons. The largest absolute Gasteiger partial charge is 0.488 e. The van der Waals surface area contributed by atoms with Crippen molar-refractivity contribution in [3.8, 4) is 5.75 Å². The van der Waals surface area contributed by atoms with Gasteiger partial charge in [0.25, 0.3) is 5.69 Å². The van der Waals surface area contributed by atoms with E-state index in [1.807, 2.05) is 24.3 Å². The monoisotopic (exact) mass is 518 g/mol. The smallest absolute Gasteiger partial charge is 0.269 e. The second-order valence-corrected chi connectivity index (χ2v) is 9.03. The topological polar surface area (TPSA) is 131 Å². The standard InChI is InChI=1S/C26H30N8O4/c35-34(36)22-10-8-20(9-11-22)19-38-23-7-3-2-6-21(23)18-27-31-24-28-25(32-12-4-1-5-13-32)30-26(29-24)33-14-16-37-17-15-33/h2-3,6-11,18H,1,4-5,12-17,19H2,(H,28,29,30,31)/b27-18-. The summed E-state index contributed by atoms with van der Waals surface area (Å²) in [6.07, 6.45) is 5.12. The fraction of sp³-hybridized carbons (Fsp3) is 0.385. The summed E-state index contributed by atoms with van der Waals surface area (Å²) in [5, 5.41) is 15.3. The summed E-state index contributed by atoms with van der Waals surface area (Å²) in [6.45, 7) is 4.86. The lowest BCUT2D eigenvalue weighted by molar-refractivity contribution is -0.384. The maximum atomic E-state index is 10.9. The summed E-state index contributed by atoms with van der Waals surface area (Å²) in [5.41, 5.74) is 4.61. The van der Waals surface area contributed by atoms with Gasteiger partial charge < -0.3 is 19.3 Å². The van der Waals surface area contributed by atoms with Crippen LogP contribution in [0.4, 0.5) is 23.5 Å². The number of piperidine rings is 1. The Labute approximate surface area is 220 Å². The van der Waals surface area contributed by atoms with Gasteiger partial charge in [0.05, 0.1) is 24.4 Å². The summed E-state index contributed by atoms with van der Waals surface area (Å²) in [5.74, 6) is 2.29. The molecule has 2 saturated heterocycles. The average molecular weight is 519 g/mol. The van der Waals surface area contributed by atoms with E-state index in [1.165, 1.54) is 18.6 Å². The Morgan fingerprint density at radius 2 is 1.63 bits per heavy atom. The zero-order valence-corrected chi connectivity index (χ0v) is 21.0. The number of anilines is 3. The Morgan fingerprint density at radius 1 is 0.947 bits per heavy atom. The number of aromatic nitrogens is 3. The second-order valence-electron chi connectivity index (χ2n) is 9.03. The molecule has 2 aliphatic rings. The third-order valence-electron chi connectivity index (χ3n) is 6.37. The average Bonchev–Trinajstić information content (AvgIpc) is 2.97. The molecule has 0 aliphatic carbocycles. The molecule has 1 N–H and O–H groups in total. The van der Waals surface area contributed by atoms with Crippen LogP contribution >= 0.6 is 0 Å². The molecule has 38 heavy (non-hydrogen) atoms. The van der Waals surface area contributed by atoms with Crippen molar-refractivity contribution in [2.24, 2.45) is 5.10 Å². The van der Waals surface area contributed by atoms with Crippen molar-refractivity contribution in [2.45, 2.75) is 25.9 Å². The number of morpholine rings is 1. The molecule has 0 spiro atoms. The Morgan fingerprint density at radius 3 is 2.34 bits per heavy atom. The molecule has 12 heteroatoms. The Kier molecular flexibility index (Phi) is 8.19. The molecule has 2 aromatic carbocycles. The SMILES string of the molecule is O=[N+]([O-])c1ccc(COc2ccccc2/C=N\Nc2nc(N3CCCCC3)nc(N3CCOCC3)n2)cc1. The van der Waals surface area contributed by atoms with E-state index in [1.54, 1.807) is 18.3 Å². The highest BCUT2D eigenvalue weighted by atomic mass is 16.6. The fourth-order valence-electron chi connectivity index (χ4n) is 4.30. The van der Waals surface area contributed by atoms with E-state index in [4.69, 9.17) is 14.5 Å². The quantitative estimate of drug-likeness (QED) is 0.254. The van der Waals surface area contributed by atoms with Gasteiger partial charge in [-0.15, -0.1) is 0 Å². The molecule has 1 aromatic heterocycles. The fourth-order valence-corrected chi connectivity index (χ4v) is 4.30. The molecule has 0 bridgehead atoms. The highest BCUT2D eigenvalue weighted by Gasteiger charge is 2.20. The molecule has 5 rings (SSSR count). The summed E-state index contributed by atoms with van der Waals surface area (Å²) in [7, 11) is 0. The molecule has 0 unspecified atom stereocenters. The van der Waals surface area contributed by atoms with Crippen molar-refractivity contribution in [1.29, 1.82) is 0 Å². The number of nitro groups is 1. The van der Waals surface area contributed by atoms with E-state index in [2.05, 4.69) is 30.3 Å². The van der Waals surface area contributed by atoms with E-state index in [0.717, 1.165) is 50.1 Å². The minimum Gasteiger partial charge on any atom is -0.488 e. The van der Waals surface area contributed by atoms with Crippen molar-refractivity contribution in [3.05, 3.63) is 69.8 Å².